The number of aromatic nitrogens is 2. The molecule has 0 bridgehead atoms. The lowest BCUT2D eigenvalue weighted by Gasteiger charge is -2.28. The summed E-state index contributed by atoms with van der Waals surface area (Å²) in [6.45, 7) is 3.97. The van der Waals surface area contributed by atoms with Crippen molar-refractivity contribution in [2.45, 2.75) is 19.1 Å². The van der Waals surface area contributed by atoms with Crippen molar-refractivity contribution < 1.29 is 9.90 Å². The molecule has 1 amide bonds. The number of benzene rings is 2. The van der Waals surface area contributed by atoms with Crippen LogP contribution in [-0.4, -0.2) is 40.4 Å². The second kappa shape index (κ2) is 8.37. The number of carbonyl (C=O) groups excluding carboxylic acids is 1. The van der Waals surface area contributed by atoms with Crippen LogP contribution in [-0.2, 0) is 0 Å². The van der Waals surface area contributed by atoms with Crippen LogP contribution in [0.25, 0.3) is 11.3 Å². The summed E-state index contributed by atoms with van der Waals surface area (Å²) in [7, 11) is 0. The fraction of sp³-hybridized carbons (Fsp3) is 0.273. The molecule has 150 valence electrons. The molecule has 1 saturated heterocycles. The second-order valence-corrected chi connectivity index (χ2v) is 7.67. The van der Waals surface area contributed by atoms with Crippen LogP contribution in [0.4, 0.5) is 0 Å². The molecule has 1 unspecified atom stereocenters. The van der Waals surface area contributed by atoms with E-state index >= 15 is 0 Å². The molecule has 2 aromatic carbocycles. The van der Waals surface area contributed by atoms with Gasteiger partial charge >= 0.3 is 0 Å². The summed E-state index contributed by atoms with van der Waals surface area (Å²) in [4.78, 5) is 12.7. The molecule has 3 N–H and O–H groups in total. The van der Waals surface area contributed by atoms with Crippen molar-refractivity contribution in [2.75, 3.05) is 19.6 Å². The summed E-state index contributed by atoms with van der Waals surface area (Å²) < 4.78 is 2.02. The van der Waals surface area contributed by atoms with Gasteiger partial charge in [0.05, 0.1) is 28.4 Å². The number of aryl methyl sites for hydroxylation is 1. The summed E-state index contributed by atoms with van der Waals surface area (Å²) in [5.74, 6) is -0.328. The van der Waals surface area contributed by atoms with Crippen LogP contribution >= 0.6 is 11.6 Å². The highest BCUT2D eigenvalue weighted by Crippen LogP contribution is 2.27. The topological polar surface area (TPSA) is 79.2 Å². The van der Waals surface area contributed by atoms with Crippen LogP contribution in [0.15, 0.2) is 54.6 Å². The van der Waals surface area contributed by atoms with E-state index in [4.69, 9.17) is 16.7 Å². The van der Waals surface area contributed by atoms with E-state index in [1.54, 1.807) is 12.1 Å². The Morgan fingerprint density at radius 3 is 2.72 bits per heavy atom. The maximum Gasteiger partial charge on any atom is 0.252 e. The molecule has 0 aliphatic carbocycles. The molecule has 0 saturated carbocycles. The van der Waals surface area contributed by atoms with E-state index < -0.39 is 6.10 Å². The van der Waals surface area contributed by atoms with Gasteiger partial charge in [0.15, 0.2) is 0 Å². The molecular formula is C22H23ClN4O2. The van der Waals surface area contributed by atoms with Gasteiger partial charge in [0, 0.05) is 30.9 Å². The van der Waals surface area contributed by atoms with Gasteiger partial charge in [0.1, 0.15) is 0 Å². The van der Waals surface area contributed by atoms with Crippen molar-refractivity contribution in [3.8, 4) is 11.3 Å². The minimum Gasteiger partial charge on any atom is -0.387 e. The number of aliphatic hydroxyl groups excluding tert-OH is 1. The Bertz CT molecular complexity index is 1010. The first-order chi connectivity index (χ1) is 14.0. The SMILES string of the molecule is Cc1cc(-c2ccc(Cl)c(C(=O)NCC(O)c3ccccc3)c2)nn1C1CNC1. The number of amides is 1. The molecule has 3 aromatic rings. The third kappa shape index (κ3) is 4.19. The third-order valence-corrected chi connectivity index (χ3v) is 5.50. The summed E-state index contributed by atoms with van der Waals surface area (Å²) in [5.41, 5.74) is 3.83. The first-order valence-corrected chi connectivity index (χ1v) is 9.98. The Kier molecular flexibility index (Phi) is 5.67. The fourth-order valence-corrected chi connectivity index (χ4v) is 3.58. The normalized spacial score (nSPS) is 15.0. The lowest BCUT2D eigenvalue weighted by Crippen LogP contribution is -2.44. The zero-order chi connectivity index (χ0) is 20.4. The van der Waals surface area contributed by atoms with Crippen molar-refractivity contribution in [1.29, 1.82) is 0 Å². The number of carbonyl (C=O) groups is 1. The van der Waals surface area contributed by atoms with E-state index in [0.29, 0.717) is 16.6 Å². The van der Waals surface area contributed by atoms with Gasteiger partial charge in [0.2, 0.25) is 0 Å². The molecule has 7 heteroatoms. The van der Waals surface area contributed by atoms with Crippen molar-refractivity contribution in [2.24, 2.45) is 0 Å². The van der Waals surface area contributed by atoms with Gasteiger partial charge in [-0.05, 0) is 30.7 Å². The molecule has 1 aromatic heterocycles. The number of hydrogen-bond acceptors (Lipinski definition) is 4. The lowest BCUT2D eigenvalue weighted by atomic mass is 10.1. The Balaban J connectivity index is 1.50. The number of hydrogen-bond donors (Lipinski definition) is 3. The maximum atomic E-state index is 12.7. The van der Waals surface area contributed by atoms with Gasteiger partial charge in [-0.1, -0.05) is 48.0 Å². The minimum atomic E-state index is -0.781. The second-order valence-electron chi connectivity index (χ2n) is 7.26. The van der Waals surface area contributed by atoms with Gasteiger partial charge in [-0.3, -0.25) is 9.48 Å². The molecule has 1 fully saturated rings. The zero-order valence-electron chi connectivity index (χ0n) is 16.1. The maximum absolute atomic E-state index is 12.7. The van der Waals surface area contributed by atoms with Gasteiger partial charge in [-0.25, -0.2) is 0 Å². The third-order valence-electron chi connectivity index (χ3n) is 5.18. The Morgan fingerprint density at radius 2 is 2.03 bits per heavy atom. The van der Waals surface area contributed by atoms with E-state index in [1.807, 2.05) is 54.1 Å². The Labute approximate surface area is 174 Å². The lowest BCUT2D eigenvalue weighted by molar-refractivity contribution is 0.0916. The predicted octanol–water partition coefficient (Wildman–Crippen LogP) is 3.12. The van der Waals surface area contributed by atoms with Crippen LogP contribution in [0, 0.1) is 6.92 Å². The number of aliphatic hydroxyl groups is 1. The monoisotopic (exact) mass is 410 g/mol. The number of nitrogens with zero attached hydrogens (tertiary/aromatic N) is 2. The molecule has 1 aliphatic heterocycles. The molecule has 6 nitrogen and oxygen atoms in total. The molecular weight excluding hydrogens is 388 g/mol. The molecule has 2 heterocycles. The van der Waals surface area contributed by atoms with Crippen molar-refractivity contribution in [3.63, 3.8) is 0 Å². The number of rotatable bonds is 6. The van der Waals surface area contributed by atoms with Crippen LogP contribution < -0.4 is 10.6 Å². The highest BCUT2D eigenvalue weighted by atomic mass is 35.5. The van der Waals surface area contributed by atoms with E-state index in [9.17, 15) is 9.90 Å². The van der Waals surface area contributed by atoms with Crippen molar-refractivity contribution in [3.05, 3.63) is 76.4 Å². The molecule has 4 rings (SSSR count). The first-order valence-electron chi connectivity index (χ1n) is 9.61. The van der Waals surface area contributed by atoms with E-state index in [1.165, 1.54) is 0 Å². The van der Waals surface area contributed by atoms with E-state index in [2.05, 4.69) is 10.6 Å². The highest BCUT2D eigenvalue weighted by molar-refractivity contribution is 6.34. The quantitative estimate of drug-likeness (QED) is 0.583. The highest BCUT2D eigenvalue weighted by Gasteiger charge is 2.22. The van der Waals surface area contributed by atoms with Crippen molar-refractivity contribution >= 4 is 17.5 Å². The average molecular weight is 411 g/mol. The molecule has 0 spiro atoms. The average Bonchev–Trinajstić information content (AvgIpc) is 3.06. The van der Waals surface area contributed by atoms with Crippen LogP contribution in [0.2, 0.25) is 5.02 Å². The van der Waals surface area contributed by atoms with Gasteiger partial charge in [-0.15, -0.1) is 0 Å². The Hall–Kier alpha value is -2.67. The minimum absolute atomic E-state index is 0.103. The summed E-state index contributed by atoms with van der Waals surface area (Å²) in [5, 5.41) is 21.3. The predicted molar refractivity (Wildman–Crippen MR) is 113 cm³/mol. The van der Waals surface area contributed by atoms with Gasteiger partial charge in [-0.2, -0.15) is 5.10 Å². The number of halogens is 1. The molecule has 1 aliphatic rings. The van der Waals surface area contributed by atoms with Crippen molar-refractivity contribution in [1.82, 2.24) is 20.4 Å². The van der Waals surface area contributed by atoms with Gasteiger partial charge < -0.3 is 15.7 Å². The van der Waals surface area contributed by atoms with Crippen LogP contribution in [0.1, 0.15) is 33.8 Å². The van der Waals surface area contributed by atoms with Crippen LogP contribution in [0.5, 0.6) is 0 Å². The zero-order valence-corrected chi connectivity index (χ0v) is 16.9. The smallest absolute Gasteiger partial charge is 0.252 e. The molecule has 1 atom stereocenters. The number of nitrogens with one attached hydrogen (secondary N) is 2. The Morgan fingerprint density at radius 1 is 1.28 bits per heavy atom. The fourth-order valence-electron chi connectivity index (χ4n) is 3.38. The summed E-state index contributed by atoms with van der Waals surface area (Å²) in [6.07, 6.45) is -0.781. The van der Waals surface area contributed by atoms with Crippen LogP contribution in [0.3, 0.4) is 0 Å². The largest absolute Gasteiger partial charge is 0.387 e. The van der Waals surface area contributed by atoms with E-state index in [-0.39, 0.29) is 12.5 Å². The summed E-state index contributed by atoms with van der Waals surface area (Å²) in [6, 6.07) is 16.9. The molecule has 0 radical (unpaired) electrons. The standard InChI is InChI=1S/C22H23ClN4O2/c1-14-9-20(26-27(14)17-11-24-12-17)16-7-8-19(23)18(10-16)22(29)25-13-21(28)15-5-3-2-4-6-15/h2-10,17,21,24,28H,11-13H2,1H3,(H,25,29). The molecule has 29 heavy (non-hydrogen) atoms. The van der Waals surface area contributed by atoms with Gasteiger partial charge in [0.25, 0.3) is 5.91 Å². The van der Waals surface area contributed by atoms with E-state index in [0.717, 1.165) is 35.6 Å². The first kappa shape index (κ1) is 19.6. The summed E-state index contributed by atoms with van der Waals surface area (Å²) >= 11 is 6.27.